The summed E-state index contributed by atoms with van der Waals surface area (Å²) in [5.41, 5.74) is 1.74. The van der Waals surface area contributed by atoms with Gasteiger partial charge in [0.25, 0.3) is 0 Å². The summed E-state index contributed by atoms with van der Waals surface area (Å²) in [6.45, 7) is 0. The second-order valence-corrected chi connectivity index (χ2v) is 6.20. The molecule has 0 bridgehead atoms. The van der Waals surface area contributed by atoms with E-state index in [1.807, 2.05) is 54.6 Å². The molecule has 0 radical (unpaired) electrons. The SMILES string of the molecule is O=C(Cc1ccccc1)N[C@@H](Cc1ccc(I)cc1)C(=O)O. The molecule has 22 heavy (non-hydrogen) atoms. The monoisotopic (exact) mass is 409 g/mol. The van der Waals surface area contributed by atoms with E-state index in [2.05, 4.69) is 27.9 Å². The minimum Gasteiger partial charge on any atom is -0.480 e. The quantitative estimate of drug-likeness (QED) is 0.722. The maximum atomic E-state index is 12.0. The van der Waals surface area contributed by atoms with Crippen molar-refractivity contribution in [2.75, 3.05) is 0 Å². The van der Waals surface area contributed by atoms with E-state index in [-0.39, 0.29) is 18.7 Å². The van der Waals surface area contributed by atoms with Crippen LogP contribution < -0.4 is 5.32 Å². The smallest absolute Gasteiger partial charge is 0.326 e. The molecule has 2 aromatic carbocycles. The largest absolute Gasteiger partial charge is 0.480 e. The van der Waals surface area contributed by atoms with Gasteiger partial charge in [-0.3, -0.25) is 4.79 Å². The number of hydrogen-bond acceptors (Lipinski definition) is 2. The van der Waals surface area contributed by atoms with Gasteiger partial charge < -0.3 is 10.4 Å². The van der Waals surface area contributed by atoms with Gasteiger partial charge in [0.15, 0.2) is 0 Å². The maximum absolute atomic E-state index is 12.0. The highest BCUT2D eigenvalue weighted by molar-refractivity contribution is 14.1. The fourth-order valence-corrected chi connectivity index (χ4v) is 2.44. The van der Waals surface area contributed by atoms with Crippen LogP contribution in [0.5, 0.6) is 0 Å². The Labute approximate surface area is 142 Å². The van der Waals surface area contributed by atoms with E-state index in [1.54, 1.807) is 0 Å². The highest BCUT2D eigenvalue weighted by Crippen LogP contribution is 2.09. The minimum absolute atomic E-state index is 0.178. The van der Waals surface area contributed by atoms with E-state index in [0.29, 0.717) is 0 Å². The van der Waals surface area contributed by atoms with Gasteiger partial charge in [-0.15, -0.1) is 0 Å². The van der Waals surface area contributed by atoms with Gasteiger partial charge in [-0.1, -0.05) is 42.5 Å². The van der Waals surface area contributed by atoms with Crippen LogP contribution in [-0.2, 0) is 22.4 Å². The molecule has 114 valence electrons. The average molecular weight is 409 g/mol. The number of benzene rings is 2. The van der Waals surface area contributed by atoms with Gasteiger partial charge in [0.1, 0.15) is 6.04 Å². The van der Waals surface area contributed by atoms with Gasteiger partial charge in [0, 0.05) is 9.99 Å². The molecular formula is C17H16INO3. The Morgan fingerprint density at radius 3 is 2.23 bits per heavy atom. The summed E-state index contributed by atoms with van der Waals surface area (Å²) in [5.74, 6) is -1.32. The highest BCUT2D eigenvalue weighted by Gasteiger charge is 2.20. The van der Waals surface area contributed by atoms with Crippen molar-refractivity contribution in [3.8, 4) is 0 Å². The van der Waals surface area contributed by atoms with E-state index in [4.69, 9.17) is 0 Å². The number of carboxylic acid groups (broad SMARTS) is 1. The number of rotatable bonds is 6. The van der Waals surface area contributed by atoms with Crippen LogP contribution in [-0.4, -0.2) is 23.0 Å². The van der Waals surface area contributed by atoms with E-state index in [9.17, 15) is 14.7 Å². The minimum atomic E-state index is -1.03. The number of carbonyl (C=O) groups is 2. The third kappa shape index (κ3) is 5.14. The molecule has 2 N–H and O–H groups in total. The Hall–Kier alpha value is -1.89. The molecule has 0 aliphatic carbocycles. The Balaban J connectivity index is 1.98. The summed E-state index contributed by atoms with van der Waals surface area (Å²) in [6, 6.07) is 15.9. The summed E-state index contributed by atoms with van der Waals surface area (Å²) < 4.78 is 1.08. The first-order chi connectivity index (χ1) is 10.5. The molecule has 2 aromatic rings. The third-order valence-electron chi connectivity index (χ3n) is 3.19. The topological polar surface area (TPSA) is 66.4 Å². The zero-order valence-corrected chi connectivity index (χ0v) is 14.0. The fraction of sp³-hybridized carbons (Fsp3) is 0.176. The molecule has 0 saturated carbocycles. The van der Waals surface area contributed by atoms with E-state index < -0.39 is 12.0 Å². The van der Waals surface area contributed by atoms with Crippen molar-refractivity contribution in [2.45, 2.75) is 18.9 Å². The molecule has 0 saturated heterocycles. The maximum Gasteiger partial charge on any atom is 0.326 e. The van der Waals surface area contributed by atoms with Crippen molar-refractivity contribution in [1.82, 2.24) is 5.32 Å². The first-order valence-corrected chi connectivity index (χ1v) is 7.93. The lowest BCUT2D eigenvalue weighted by atomic mass is 10.1. The Bertz CT molecular complexity index is 641. The molecule has 1 atom stereocenters. The van der Waals surface area contributed by atoms with Crippen LogP contribution in [0.15, 0.2) is 54.6 Å². The first kappa shape index (κ1) is 16.5. The van der Waals surface area contributed by atoms with Gasteiger partial charge in [-0.05, 0) is 45.9 Å². The van der Waals surface area contributed by atoms with Gasteiger partial charge in [0.05, 0.1) is 6.42 Å². The molecular weight excluding hydrogens is 393 g/mol. The van der Waals surface area contributed by atoms with Crippen LogP contribution in [0.4, 0.5) is 0 Å². The normalized spacial score (nSPS) is 11.7. The lowest BCUT2D eigenvalue weighted by Gasteiger charge is -2.15. The van der Waals surface area contributed by atoms with Crippen molar-refractivity contribution in [2.24, 2.45) is 0 Å². The van der Waals surface area contributed by atoms with Crippen LogP contribution in [0.25, 0.3) is 0 Å². The van der Waals surface area contributed by atoms with Crippen LogP contribution in [0.3, 0.4) is 0 Å². The number of nitrogens with one attached hydrogen (secondary N) is 1. The Morgan fingerprint density at radius 1 is 1.00 bits per heavy atom. The molecule has 0 fully saturated rings. The predicted molar refractivity (Wildman–Crippen MR) is 92.6 cm³/mol. The van der Waals surface area contributed by atoms with Gasteiger partial charge in [0.2, 0.25) is 5.91 Å². The molecule has 0 aromatic heterocycles. The number of carboxylic acids is 1. The van der Waals surface area contributed by atoms with Gasteiger partial charge in [-0.25, -0.2) is 4.79 Å². The second kappa shape index (κ2) is 7.93. The summed E-state index contributed by atoms with van der Waals surface area (Å²) in [5, 5.41) is 11.9. The summed E-state index contributed by atoms with van der Waals surface area (Å²) in [4.78, 5) is 23.3. The van der Waals surface area contributed by atoms with E-state index in [0.717, 1.165) is 14.7 Å². The van der Waals surface area contributed by atoms with Crippen LogP contribution in [0.1, 0.15) is 11.1 Å². The van der Waals surface area contributed by atoms with Crippen LogP contribution in [0, 0.1) is 3.57 Å². The van der Waals surface area contributed by atoms with Crippen LogP contribution in [0.2, 0.25) is 0 Å². The third-order valence-corrected chi connectivity index (χ3v) is 3.91. The van der Waals surface area contributed by atoms with Gasteiger partial charge in [-0.2, -0.15) is 0 Å². The predicted octanol–water partition coefficient (Wildman–Crippen LogP) is 2.65. The lowest BCUT2D eigenvalue weighted by molar-refractivity contribution is -0.141. The van der Waals surface area contributed by atoms with Crippen molar-refractivity contribution in [1.29, 1.82) is 0 Å². The standard InChI is InChI=1S/C17H16INO3/c18-14-8-6-13(7-9-14)10-15(17(21)22)19-16(20)11-12-4-2-1-3-5-12/h1-9,15H,10-11H2,(H,19,20)(H,21,22)/t15-/m0/s1. The molecule has 4 nitrogen and oxygen atoms in total. The Morgan fingerprint density at radius 2 is 1.64 bits per heavy atom. The number of amides is 1. The molecule has 0 aliphatic heterocycles. The fourth-order valence-electron chi connectivity index (χ4n) is 2.08. The molecule has 2 rings (SSSR count). The number of aliphatic carboxylic acids is 1. The highest BCUT2D eigenvalue weighted by atomic mass is 127. The molecule has 0 spiro atoms. The van der Waals surface area contributed by atoms with Crippen molar-refractivity contribution in [3.05, 3.63) is 69.3 Å². The summed E-state index contributed by atoms with van der Waals surface area (Å²) in [7, 11) is 0. The summed E-state index contributed by atoms with van der Waals surface area (Å²) in [6.07, 6.45) is 0.449. The lowest BCUT2D eigenvalue weighted by Crippen LogP contribution is -2.43. The average Bonchev–Trinajstić information content (AvgIpc) is 2.49. The van der Waals surface area contributed by atoms with Crippen molar-refractivity contribution >= 4 is 34.5 Å². The Kier molecular flexibility index (Phi) is 5.94. The molecule has 0 heterocycles. The second-order valence-electron chi connectivity index (χ2n) is 4.95. The number of halogens is 1. The summed E-state index contributed by atoms with van der Waals surface area (Å²) >= 11 is 2.19. The molecule has 1 amide bonds. The van der Waals surface area contributed by atoms with Crippen molar-refractivity contribution < 1.29 is 14.7 Å². The molecule has 0 aliphatic rings. The van der Waals surface area contributed by atoms with Gasteiger partial charge >= 0.3 is 5.97 Å². The van der Waals surface area contributed by atoms with E-state index in [1.165, 1.54) is 0 Å². The van der Waals surface area contributed by atoms with Crippen molar-refractivity contribution in [3.63, 3.8) is 0 Å². The van der Waals surface area contributed by atoms with E-state index >= 15 is 0 Å². The first-order valence-electron chi connectivity index (χ1n) is 6.85. The zero-order chi connectivity index (χ0) is 15.9. The molecule has 5 heteroatoms. The number of hydrogen-bond donors (Lipinski definition) is 2. The zero-order valence-electron chi connectivity index (χ0n) is 11.8. The van der Waals surface area contributed by atoms with Crippen LogP contribution >= 0.6 is 22.6 Å². The molecule has 0 unspecified atom stereocenters. The number of carbonyl (C=O) groups excluding carboxylic acids is 1.